The Kier molecular flexibility index (Phi) is 5.47. The first-order valence-electron chi connectivity index (χ1n) is 4.07. The van der Waals surface area contributed by atoms with E-state index < -0.39 is 0 Å². The lowest BCUT2D eigenvalue weighted by Crippen LogP contribution is -1.83. The third kappa shape index (κ3) is 4.02. The average molecular weight is 231 g/mol. The summed E-state index contributed by atoms with van der Waals surface area (Å²) in [5.41, 5.74) is 0.937. The quantitative estimate of drug-likeness (QED) is 0.438. The van der Waals surface area contributed by atoms with Crippen LogP contribution in [0.15, 0.2) is 34.3 Å². The van der Waals surface area contributed by atoms with Gasteiger partial charge in [0.2, 0.25) is 0 Å². The highest BCUT2D eigenvalue weighted by Gasteiger charge is 1.93. The van der Waals surface area contributed by atoms with Gasteiger partial charge in [-0.1, -0.05) is 17.3 Å². The molecule has 0 aromatic heterocycles. The molecule has 1 rings (SSSR count). The van der Waals surface area contributed by atoms with E-state index >= 15 is 0 Å². The highest BCUT2D eigenvalue weighted by Crippen LogP contribution is 2.31. The molecule has 0 N–H and O–H groups in total. The Labute approximate surface area is 90.6 Å². The van der Waals surface area contributed by atoms with E-state index in [2.05, 4.69) is 5.16 Å². The van der Waals surface area contributed by atoms with Crippen molar-refractivity contribution in [3.63, 3.8) is 0 Å². The van der Waals surface area contributed by atoms with Gasteiger partial charge in [0.1, 0.15) is 17.8 Å². The van der Waals surface area contributed by atoms with Gasteiger partial charge in [0.05, 0.1) is 6.21 Å². The molecule has 1 aromatic carbocycles. The van der Waals surface area contributed by atoms with E-state index in [1.165, 1.54) is 0 Å². The van der Waals surface area contributed by atoms with Crippen LogP contribution in [0.25, 0.3) is 0 Å². The first-order valence-corrected chi connectivity index (χ1v) is 6.12. The molecule has 0 saturated heterocycles. The molecule has 0 aliphatic carbocycles. The summed E-state index contributed by atoms with van der Waals surface area (Å²) in [6, 6.07) is 7.40. The van der Waals surface area contributed by atoms with Crippen LogP contribution in [0.5, 0.6) is 0 Å². The monoisotopic (exact) mass is 231 g/mol. The van der Waals surface area contributed by atoms with Gasteiger partial charge in [-0.05, 0) is 35.4 Å². The number of hydrogen-bond acceptors (Lipinski definition) is 4. The van der Waals surface area contributed by atoms with Crippen molar-refractivity contribution < 1.29 is 8.72 Å². The molecule has 0 spiro atoms. The van der Waals surface area contributed by atoms with Crippen LogP contribution in [0.2, 0.25) is 0 Å². The van der Waals surface area contributed by atoms with Gasteiger partial charge in [-0.2, -0.15) is 3.89 Å². The van der Waals surface area contributed by atoms with E-state index in [9.17, 15) is 3.89 Å². The van der Waals surface area contributed by atoms with Crippen LogP contribution in [0.1, 0.15) is 12.5 Å². The average Bonchev–Trinajstić information content (AvgIpc) is 2.21. The van der Waals surface area contributed by atoms with Crippen molar-refractivity contribution in [2.24, 2.45) is 5.16 Å². The predicted octanol–water partition coefficient (Wildman–Crippen LogP) is 3.68. The highest BCUT2D eigenvalue weighted by atomic mass is 33.1. The standard InChI is InChI=1S/C9H10FNOS2/c1-2-12-11-7-8-3-5-9(6-4-8)13-14-10/h3-7H,2H2,1H3/b11-7+. The molecule has 0 atom stereocenters. The lowest BCUT2D eigenvalue weighted by molar-refractivity contribution is 0.160. The van der Waals surface area contributed by atoms with E-state index in [4.69, 9.17) is 4.84 Å². The normalized spacial score (nSPS) is 10.7. The summed E-state index contributed by atoms with van der Waals surface area (Å²) >= 11 is 0.240. The minimum absolute atomic E-state index is 0.240. The second kappa shape index (κ2) is 6.73. The van der Waals surface area contributed by atoms with E-state index in [-0.39, 0.29) is 11.2 Å². The molecule has 5 heteroatoms. The van der Waals surface area contributed by atoms with Crippen LogP contribution in [-0.4, -0.2) is 12.8 Å². The second-order valence-corrected chi connectivity index (χ2v) is 4.01. The lowest BCUT2D eigenvalue weighted by Gasteiger charge is -1.96. The number of rotatable bonds is 5. The van der Waals surface area contributed by atoms with Crippen molar-refractivity contribution in [2.75, 3.05) is 6.61 Å². The SMILES string of the molecule is CCO/N=C/c1ccc(SSF)cc1. The minimum atomic E-state index is 0.240. The summed E-state index contributed by atoms with van der Waals surface area (Å²) in [5.74, 6) is 0. The largest absolute Gasteiger partial charge is 0.396 e. The number of benzene rings is 1. The Balaban J connectivity index is 2.54. The summed E-state index contributed by atoms with van der Waals surface area (Å²) < 4.78 is 11.9. The third-order valence-corrected chi connectivity index (χ3v) is 2.71. The zero-order valence-corrected chi connectivity index (χ0v) is 9.28. The van der Waals surface area contributed by atoms with Gasteiger partial charge in [0, 0.05) is 4.90 Å². The third-order valence-electron chi connectivity index (χ3n) is 1.41. The smallest absolute Gasteiger partial charge is 0.120 e. The number of hydrogen-bond donors (Lipinski definition) is 0. The molecule has 0 saturated carbocycles. The van der Waals surface area contributed by atoms with Crippen molar-refractivity contribution in [1.29, 1.82) is 0 Å². The maximum absolute atomic E-state index is 11.9. The van der Waals surface area contributed by atoms with Gasteiger partial charge < -0.3 is 4.84 Å². The van der Waals surface area contributed by atoms with Gasteiger partial charge in [-0.3, -0.25) is 0 Å². The fourth-order valence-electron chi connectivity index (χ4n) is 0.818. The van der Waals surface area contributed by atoms with E-state index in [0.717, 1.165) is 21.3 Å². The van der Waals surface area contributed by atoms with Gasteiger partial charge in [-0.15, -0.1) is 0 Å². The molecule has 76 valence electrons. The molecule has 0 aliphatic heterocycles. The van der Waals surface area contributed by atoms with Gasteiger partial charge in [0.15, 0.2) is 0 Å². The molecular formula is C9H10FNOS2. The molecule has 2 nitrogen and oxygen atoms in total. The summed E-state index contributed by atoms with van der Waals surface area (Å²) in [7, 11) is 1.09. The van der Waals surface area contributed by atoms with Crippen LogP contribution in [0.4, 0.5) is 3.89 Å². The van der Waals surface area contributed by atoms with Crippen molar-refractivity contribution in [3.8, 4) is 0 Å². The molecule has 14 heavy (non-hydrogen) atoms. The summed E-state index contributed by atoms with van der Waals surface area (Å²) in [6.45, 7) is 2.43. The van der Waals surface area contributed by atoms with Crippen molar-refractivity contribution in [2.45, 2.75) is 11.8 Å². The first kappa shape index (κ1) is 11.4. The minimum Gasteiger partial charge on any atom is -0.396 e. The van der Waals surface area contributed by atoms with Crippen LogP contribution >= 0.6 is 22.0 Å². The molecule has 0 fully saturated rings. The second-order valence-electron chi connectivity index (χ2n) is 2.37. The molecule has 0 aliphatic rings. The maximum atomic E-state index is 11.9. The topological polar surface area (TPSA) is 21.6 Å². The Morgan fingerprint density at radius 1 is 1.43 bits per heavy atom. The van der Waals surface area contributed by atoms with Gasteiger partial charge in [0.25, 0.3) is 0 Å². The zero-order valence-electron chi connectivity index (χ0n) is 7.64. The Morgan fingerprint density at radius 2 is 2.14 bits per heavy atom. The highest BCUT2D eigenvalue weighted by molar-refractivity contribution is 8.74. The summed E-state index contributed by atoms with van der Waals surface area (Å²) in [5, 5.41) is 3.72. The lowest BCUT2D eigenvalue weighted by atomic mass is 10.2. The fourth-order valence-corrected chi connectivity index (χ4v) is 1.69. The van der Waals surface area contributed by atoms with Crippen molar-refractivity contribution in [3.05, 3.63) is 29.8 Å². The van der Waals surface area contributed by atoms with Crippen LogP contribution in [0.3, 0.4) is 0 Å². The van der Waals surface area contributed by atoms with Crippen molar-refractivity contribution in [1.82, 2.24) is 0 Å². The van der Waals surface area contributed by atoms with Crippen LogP contribution in [-0.2, 0) is 4.84 Å². The van der Waals surface area contributed by atoms with Crippen LogP contribution in [0, 0.1) is 0 Å². The zero-order chi connectivity index (χ0) is 10.2. The molecule has 0 amide bonds. The van der Waals surface area contributed by atoms with E-state index in [1.54, 1.807) is 6.21 Å². The number of nitrogens with zero attached hydrogens (tertiary/aromatic N) is 1. The molecular weight excluding hydrogens is 221 g/mol. The molecule has 0 bridgehead atoms. The Morgan fingerprint density at radius 3 is 2.71 bits per heavy atom. The molecule has 0 radical (unpaired) electrons. The maximum Gasteiger partial charge on any atom is 0.120 e. The fraction of sp³-hybridized carbons (Fsp3) is 0.222. The van der Waals surface area contributed by atoms with Gasteiger partial charge in [-0.25, -0.2) is 0 Å². The summed E-state index contributed by atoms with van der Waals surface area (Å²) in [6.07, 6.45) is 1.63. The number of oxime groups is 1. The van der Waals surface area contributed by atoms with Gasteiger partial charge >= 0.3 is 0 Å². The van der Waals surface area contributed by atoms with E-state index in [0.29, 0.717) is 6.61 Å². The molecule has 0 unspecified atom stereocenters. The Bertz CT molecular complexity index is 289. The molecule has 0 heterocycles. The molecule has 1 aromatic rings. The summed E-state index contributed by atoms with van der Waals surface area (Å²) in [4.78, 5) is 5.70. The van der Waals surface area contributed by atoms with Crippen LogP contribution < -0.4 is 0 Å². The number of halogens is 1. The Hall–Kier alpha value is -0.680. The van der Waals surface area contributed by atoms with E-state index in [1.807, 2.05) is 31.2 Å². The van der Waals surface area contributed by atoms with Crippen molar-refractivity contribution >= 4 is 28.2 Å². The first-order chi connectivity index (χ1) is 6.86. The predicted molar refractivity (Wildman–Crippen MR) is 60.2 cm³/mol.